The highest BCUT2D eigenvalue weighted by Gasteiger charge is 2.46. The molecule has 0 radical (unpaired) electrons. The summed E-state index contributed by atoms with van der Waals surface area (Å²) in [5.41, 5.74) is 6.09. The number of nitrogens with one attached hydrogen (secondary N) is 5. The van der Waals surface area contributed by atoms with Gasteiger partial charge in [0.2, 0.25) is 47.3 Å². The zero-order valence-electron chi connectivity index (χ0n) is 39.9. The van der Waals surface area contributed by atoms with Gasteiger partial charge >= 0.3 is 7.12 Å². The Bertz CT molecular complexity index is 2360. The zero-order valence-corrected chi connectivity index (χ0v) is 40.7. The first-order chi connectivity index (χ1) is 34.3. The van der Waals surface area contributed by atoms with Crippen LogP contribution in [-0.4, -0.2) is 163 Å². The number of phenols is 1. The lowest BCUT2D eigenvalue weighted by atomic mass is 9.79. The molecule has 1 aliphatic carbocycles. The Morgan fingerprint density at radius 1 is 0.875 bits per heavy atom. The summed E-state index contributed by atoms with van der Waals surface area (Å²) in [7, 11) is -1.62. The molecule has 3 aliphatic heterocycles. The number of benzene rings is 2. The number of carbonyl (C=O) groups is 8. The third-order valence-corrected chi connectivity index (χ3v) is 14.1. The fourth-order valence-corrected chi connectivity index (χ4v) is 10.3. The van der Waals surface area contributed by atoms with Gasteiger partial charge in [0, 0.05) is 44.2 Å². The smallest absolute Gasteiger partial charge is 0.491 e. The van der Waals surface area contributed by atoms with Gasteiger partial charge in [-0.05, 0) is 55.3 Å². The van der Waals surface area contributed by atoms with E-state index in [4.69, 9.17) is 10.4 Å². The number of phenolic OH excluding ortho intramolecular Hbond substituents is 1. The average Bonchev–Trinajstić information content (AvgIpc) is 4.01. The number of rotatable bonds is 13. The van der Waals surface area contributed by atoms with E-state index in [1.165, 1.54) is 24.3 Å². The van der Waals surface area contributed by atoms with Gasteiger partial charge in [0.15, 0.2) is 0 Å². The molecule has 4 aliphatic rings. The van der Waals surface area contributed by atoms with Gasteiger partial charge in [-0.1, -0.05) is 79.4 Å². The molecular formula is C48H63BN8O14S. The zero-order chi connectivity index (χ0) is 52.2. The van der Waals surface area contributed by atoms with Crippen molar-refractivity contribution >= 4 is 71.6 Å². The lowest BCUT2D eigenvalue weighted by molar-refractivity contribution is -0.145. The van der Waals surface area contributed by atoms with Crippen LogP contribution >= 0.6 is 11.8 Å². The first-order valence-corrected chi connectivity index (χ1v) is 24.8. The lowest BCUT2D eigenvalue weighted by Gasteiger charge is -2.34. The molecule has 388 valence electrons. The van der Waals surface area contributed by atoms with Crippen LogP contribution in [0.2, 0.25) is 0 Å². The monoisotopic (exact) mass is 1020 g/mol. The number of thioether (sulfide) groups is 1. The van der Waals surface area contributed by atoms with Crippen molar-refractivity contribution in [2.75, 3.05) is 13.1 Å². The molecule has 3 heterocycles. The number of amides is 8. The van der Waals surface area contributed by atoms with Gasteiger partial charge in [-0.15, -0.1) is 0 Å². The molecule has 0 spiro atoms. The normalized spacial score (nSPS) is 27.7. The Labute approximate surface area is 420 Å². The van der Waals surface area contributed by atoms with Crippen LogP contribution in [0.4, 0.5) is 0 Å². The van der Waals surface area contributed by atoms with Crippen LogP contribution in [0.3, 0.4) is 0 Å². The van der Waals surface area contributed by atoms with Crippen LogP contribution in [-0.2, 0) is 43.0 Å². The van der Waals surface area contributed by atoms with E-state index in [1.54, 1.807) is 43.3 Å². The Morgan fingerprint density at radius 3 is 2.22 bits per heavy atom. The van der Waals surface area contributed by atoms with E-state index in [2.05, 4.69) is 26.6 Å². The number of aromatic hydroxyl groups is 1. The van der Waals surface area contributed by atoms with Gasteiger partial charge in [-0.3, -0.25) is 38.4 Å². The molecule has 2 aromatic carbocycles. The van der Waals surface area contributed by atoms with Crippen molar-refractivity contribution in [3.05, 3.63) is 83.3 Å². The number of hydrogen-bond donors (Lipinski definition) is 11. The molecule has 0 bridgehead atoms. The molecule has 12 N–H and O–H groups in total. The number of nitrogens with zero attached hydrogens (tertiary/aromatic N) is 2. The van der Waals surface area contributed by atoms with E-state index in [-0.39, 0.29) is 44.5 Å². The van der Waals surface area contributed by atoms with Crippen molar-refractivity contribution in [2.24, 2.45) is 5.73 Å². The summed E-state index contributed by atoms with van der Waals surface area (Å²) in [6.07, 6.45) is -0.972. The highest BCUT2D eigenvalue weighted by Crippen LogP contribution is 2.31. The van der Waals surface area contributed by atoms with Crippen molar-refractivity contribution in [3.63, 3.8) is 0 Å². The van der Waals surface area contributed by atoms with Crippen molar-refractivity contribution in [1.29, 1.82) is 0 Å². The van der Waals surface area contributed by atoms with Crippen LogP contribution < -0.4 is 37.8 Å². The van der Waals surface area contributed by atoms with Crippen molar-refractivity contribution in [3.8, 4) is 5.75 Å². The quantitative estimate of drug-likeness (QED) is 0.0964. The summed E-state index contributed by atoms with van der Waals surface area (Å²) in [6, 6.07) is 4.42. The van der Waals surface area contributed by atoms with Crippen molar-refractivity contribution < 1.29 is 68.5 Å². The van der Waals surface area contributed by atoms with Crippen LogP contribution in [0.5, 0.6) is 5.75 Å². The fraction of sp³-hybridized carbons (Fsp3) is 0.500. The second kappa shape index (κ2) is 25.4. The summed E-state index contributed by atoms with van der Waals surface area (Å²) in [5.74, 6) is -7.42. The highest BCUT2D eigenvalue weighted by atomic mass is 32.2. The standard InChI is InChI=1S/C48H63BN8O14S/c1-3-32-47(68)57-25-30(60)21-36(57)45(67)53-34(23-39(27-16-18-29(59)19-17-27)71-49(70)28-11-6-4-7-12-28)43(65)54-41(37(61)24-40(50)63)48(69)56-20-10-15-35(56)44(66)55-46(72-31-13-8-5-9-14-31)38(62)22-33(42(64)52-32)51-26(2)58/h4,6-8,11-14,16-19,30,32-39,41,46,59-62,70H,3,5,9-10,15,20-25H2,1-2H3,(H2,50,63)(H,51,58)(H,52,64)(H,53,67)(H,54,65)(H,55,66)/t30-,32?,33+,34?,35?,36+,37-,38-,39?,41?,46-/m1/s1. The fourth-order valence-electron chi connectivity index (χ4n) is 9.13. The topological polar surface area (TPSA) is 340 Å². The molecule has 5 unspecified atom stereocenters. The molecule has 2 aromatic rings. The number of primary amides is 1. The summed E-state index contributed by atoms with van der Waals surface area (Å²) in [4.78, 5) is 115. The van der Waals surface area contributed by atoms with Gasteiger partial charge in [-0.2, -0.15) is 0 Å². The van der Waals surface area contributed by atoms with E-state index in [1.807, 2.05) is 12.2 Å². The minimum absolute atomic E-state index is 0.0444. The Balaban J connectivity index is 1.44. The minimum atomic E-state index is -1.99. The van der Waals surface area contributed by atoms with Crippen LogP contribution in [0.15, 0.2) is 77.7 Å². The number of aliphatic hydroxyl groups is 3. The molecule has 3 fully saturated rings. The van der Waals surface area contributed by atoms with Gasteiger partial charge in [0.1, 0.15) is 47.4 Å². The largest absolute Gasteiger partial charge is 0.508 e. The maximum absolute atomic E-state index is 14.9. The lowest BCUT2D eigenvalue weighted by Crippen LogP contribution is -2.62. The van der Waals surface area contributed by atoms with E-state index < -0.39 is 140 Å². The molecule has 22 nitrogen and oxygen atoms in total. The number of aliphatic hydroxyl groups excluding tert-OH is 3. The molecule has 24 heteroatoms. The predicted molar refractivity (Wildman–Crippen MR) is 262 cm³/mol. The second-order valence-corrected chi connectivity index (χ2v) is 19.5. The molecule has 0 aromatic heterocycles. The van der Waals surface area contributed by atoms with Crippen LogP contribution in [0, 0.1) is 0 Å². The van der Waals surface area contributed by atoms with Crippen LogP contribution in [0.25, 0.3) is 0 Å². The molecule has 6 rings (SSSR count). The molecule has 72 heavy (non-hydrogen) atoms. The average molecular weight is 1020 g/mol. The maximum Gasteiger partial charge on any atom is 0.491 e. The van der Waals surface area contributed by atoms with E-state index in [9.17, 15) is 63.8 Å². The van der Waals surface area contributed by atoms with Crippen LogP contribution in [0.1, 0.15) is 83.3 Å². The Hall–Kier alpha value is -6.31. The number of hydrogen-bond acceptors (Lipinski definition) is 15. The summed E-state index contributed by atoms with van der Waals surface area (Å²) in [6.45, 7) is 2.28. The van der Waals surface area contributed by atoms with E-state index >= 15 is 0 Å². The van der Waals surface area contributed by atoms with E-state index in [0.29, 0.717) is 22.4 Å². The Kier molecular flexibility index (Phi) is 19.4. The summed E-state index contributed by atoms with van der Waals surface area (Å²) in [5, 5.41) is 67.6. The first-order valence-electron chi connectivity index (χ1n) is 24.0. The molecule has 11 atom stereocenters. The Morgan fingerprint density at radius 2 is 1.57 bits per heavy atom. The third kappa shape index (κ3) is 14.4. The predicted octanol–water partition coefficient (Wildman–Crippen LogP) is -2.04. The number of allylic oxidation sites excluding steroid dienone is 3. The number of fused-ring (bicyclic) bond motifs is 2. The van der Waals surface area contributed by atoms with Crippen molar-refractivity contribution in [1.82, 2.24) is 36.4 Å². The van der Waals surface area contributed by atoms with Gasteiger partial charge in [0.25, 0.3) is 0 Å². The SMILES string of the molecule is CCC1NC(=O)[C@@H](NC(C)=O)C[C@@H](O)[C@@H](SC2=CCCC=C2)NC(=O)C2CCCN2C(=O)C([C@H](O)CC(N)=O)NC(=O)C(CC(OB(O)c2ccccc2)c2ccc(O)cc2)NC(=O)[C@@H]2C[C@@H](O)CN2C1=O. The number of nitrogens with two attached hydrogens (primary N) is 1. The highest BCUT2D eigenvalue weighted by molar-refractivity contribution is 8.03. The minimum Gasteiger partial charge on any atom is -0.508 e. The van der Waals surface area contributed by atoms with Crippen molar-refractivity contribution in [2.45, 2.75) is 138 Å². The molecule has 0 saturated carbocycles. The molecule has 8 amide bonds. The van der Waals surface area contributed by atoms with Gasteiger partial charge in [0.05, 0.1) is 30.8 Å². The molecular weight excluding hydrogens is 955 g/mol. The van der Waals surface area contributed by atoms with Gasteiger partial charge in [-0.25, -0.2) is 0 Å². The first kappa shape index (κ1) is 55.0. The summed E-state index contributed by atoms with van der Waals surface area (Å²) < 4.78 is 6.13. The third-order valence-electron chi connectivity index (χ3n) is 12.8. The second-order valence-electron chi connectivity index (χ2n) is 18.2. The maximum atomic E-state index is 14.9. The van der Waals surface area contributed by atoms with E-state index in [0.717, 1.165) is 34.9 Å². The summed E-state index contributed by atoms with van der Waals surface area (Å²) >= 11 is 1.06. The number of carbonyl (C=O) groups excluding carboxylic acids is 8. The molecule has 3 saturated heterocycles. The van der Waals surface area contributed by atoms with Gasteiger partial charge < -0.3 is 72.2 Å².